The topological polar surface area (TPSA) is 61.7 Å². The number of aromatic hydroxyl groups is 1. The maximum absolute atomic E-state index is 10.6. The summed E-state index contributed by atoms with van der Waals surface area (Å²) in [5.41, 5.74) is 2.38. The minimum Gasteiger partial charge on any atom is -0.504 e. The molecule has 0 aliphatic carbocycles. The summed E-state index contributed by atoms with van der Waals surface area (Å²) in [7, 11) is 1.57. The van der Waals surface area contributed by atoms with Crippen molar-refractivity contribution in [1.29, 1.82) is 0 Å². The number of benzene rings is 2. The molecule has 2 rings (SSSR count). The molecule has 2 aromatic rings. The van der Waals surface area contributed by atoms with Crippen molar-refractivity contribution in [3.05, 3.63) is 59.7 Å². The van der Waals surface area contributed by atoms with Crippen molar-refractivity contribution in [2.75, 3.05) is 7.11 Å². The molecule has 0 aliphatic rings. The van der Waals surface area contributed by atoms with Crippen molar-refractivity contribution in [2.24, 2.45) is 0 Å². The third kappa shape index (κ3) is 9.19. The van der Waals surface area contributed by atoms with Crippen LogP contribution in [0.2, 0.25) is 0 Å². The van der Waals surface area contributed by atoms with Crippen LogP contribution in [0.25, 0.3) is 0 Å². The van der Waals surface area contributed by atoms with E-state index in [0.29, 0.717) is 5.75 Å². The summed E-state index contributed by atoms with van der Waals surface area (Å²) in [4.78, 5) is 0. The summed E-state index contributed by atoms with van der Waals surface area (Å²) in [5.74, 6) is 0.673. The third-order valence-corrected chi connectivity index (χ3v) is 5.66. The van der Waals surface area contributed by atoms with E-state index < -0.39 is 0 Å². The summed E-state index contributed by atoms with van der Waals surface area (Å²) in [6, 6.07) is 16.1. The number of aliphatic hydroxyl groups is 1. The fourth-order valence-electron chi connectivity index (χ4n) is 3.81. The molecule has 0 radical (unpaired) electrons. The Labute approximate surface area is 182 Å². The van der Waals surface area contributed by atoms with Crippen LogP contribution < -0.4 is 10.1 Å². The standard InChI is InChI=1S/C26H39NO3/c1-3-4-5-6-10-13-24(28)19-23(27-20-22-11-8-7-9-12-22)16-14-21-15-17-25(29)26(18-21)30-2/h7-9,11-12,15,17-18,23-24,27-29H,3-6,10,13-14,16,19-20H2,1-2H3. The highest BCUT2D eigenvalue weighted by Gasteiger charge is 2.15. The lowest BCUT2D eigenvalue weighted by molar-refractivity contribution is 0.134. The Bertz CT molecular complexity index is 705. The van der Waals surface area contributed by atoms with Gasteiger partial charge in [0, 0.05) is 12.6 Å². The molecule has 3 N–H and O–H groups in total. The van der Waals surface area contributed by atoms with Crippen molar-refractivity contribution >= 4 is 0 Å². The van der Waals surface area contributed by atoms with Crippen LogP contribution in [0.1, 0.15) is 69.4 Å². The fourth-order valence-corrected chi connectivity index (χ4v) is 3.81. The molecule has 0 aliphatic heterocycles. The number of ether oxygens (including phenoxy) is 1. The minimum absolute atomic E-state index is 0.165. The maximum atomic E-state index is 10.6. The van der Waals surface area contributed by atoms with Gasteiger partial charge in [-0.05, 0) is 48.9 Å². The van der Waals surface area contributed by atoms with E-state index in [0.717, 1.165) is 44.2 Å². The van der Waals surface area contributed by atoms with Gasteiger partial charge in [0.15, 0.2) is 11.5 Å². The van der Waals surface area contributed by atoms with Gasteiger partial charge in [-0.25, -0.2) is 0 Å². The molecule has 0 fully saturated rings. The van der Waals surface area contributed by atoms with Crippen LogP contribution in [-0.2, 0) is 13.0 Å². The number of aliphatic hydroxyl groups excluding tert-OH is 1. The predicted octanol–water partition coefficient (Wildman–Crippen LogP) is 5.60. The van der Waals surface area contributed by atoms with Crippen LogP contribution in [-0.4, -0.2) is 29.5 Å². The quantitative estimate of drug-likeness (QED) is 0.332. The Morgan fingerprint density at radius 1 is 0.933 bits per heavy atom. The van der Waals surface area contributed by atoms with E-state index in [-0.39, 0.29) is 17.9 Å². The highest BCUT2D eigenvalue weighted by molar-refractivity contribution is 5.41. The van der Waals surface area contributed by atoms with E-state index in [1.54, 1.807) is 13.2 Å². The first kappa shape index (κ1) is 24.2. The molecule has 2 unspecified atom stereocenters. The molecule has 0 aromatic heterocycles. The van der Waals surface area contributed by atoms with Gasteiger partial charge < -0.3 is 20.3 Å². The molecule has 166 valence electrons. The number of phenols is 1. The molecular formula is C26H39NO3. The van der Waals surface area contributed by atoms with Crippen LogP contribution in [0, 0.1) is 0 Å². The number of methoxy groups -OCH3 is 1. The molecule has 4 nitrogen and oxygen atoms in total. The normalized spacial score (nSPS) is 13.2. The van der Waals surface area contributed by atoms with Crippen molar-refractivity contribution in [2.45, 2.75) is 83.4 Å². The predicted molar refractivity (Wildman–Crippen MR) is 124 cm³/mol. The lowest BCUT2D eigenvalue weighted by atomic mass is 9.97. The van der Waals surface area contributed by atoms with Crippen LogP contribution in [0.5, 0.6) is 11.5 Å². The van der Waals surface area contributed by atoms with Gasteiger partial charge in [0.25, 0.3) is 0 Å². The second kappa shape index (κ2) is 14.1. The molecule has 0 saturated carbocycles. The number of phenolic OH excluding ortho intramolecular Hbond substituents is 1. The molecule has 0 amide bonds. The Morgan fingerprint density at radius 2 is 1.70 bits per heavy atom. The zero-order chi connectivity index (χ0) is 21.6. The fraction of sp³-hybridized carbons (Fsp3) is 0.538. The Kier molecular flexibility index (Phi) is 11.3. The molecule has 0 spiro atoms. The Balaban J connectivity index is 1.89. The zero-order valence-corrected chi connectivity index (χ0v) is 18.6. The van der Waals surface area contributed by atoms with E-state index in [1.165, 1.54) is 31.2 Å². The number of rotatable bonds is 15. The van der Waals surface area contributed by atoms with Crippen LogP contribution in [0.15, 0.2) is 48.5 Å². The van der Waals surface area contributed by atoms with E-state index in [2.05, 4.69) is 36.5 Å². The van der Waals surface area contributed by atoms with Crippen LogP contribution in [0.4, 0.5) is 0 Å². The Morgan fingerprint density at radius 3 is 2.43 bits per heavy atom. The smallest absolute Gasteiger partial charge is 0.160 e. The summed E-state index contributed by atoms with van der Waals surface area (Å²) < 4.78 is 5.23. The van der Waals surface area contributed by atoms with Gasteiger partial charge >= 0.3 is 0 Å². The molecule has 0 bridgehead atoms. The van der Waals surface area contributed by atoms with Crippen LogP contribution in [0.3, 0.4) is 0 Å². The molecule has 2 aromatic carbocycles. The van der Waals surface area contributed by atoms with E-state index in [9.17, 15) is 10.2 Å². The summed E-state index contributed by atoms with van der Waals surface area (Å²) in [6.07, 6.45) is 9.26. The number of unbranched alkanes of at least 4 members (excludes halogenated alkanes) is 4. The summed E-state index contributed by atoms with van der Waals surface area (Å²) >= 11 is 0. The van der Waals surface area contributed by atoms with Gasteiger partial charge in [-0.1, -0.05) is 75.4 Å². The monoisotopic (exact) mass is 413 g/mol. The first-order valence-electron chi connectivity index (χ1n) is 11.4. The van der Waals surface area contributed by atoms with Gasteiger partial charge in [-0.3, -0.25) is 0 Å². The number of nitrogens with one attached hydrogen (secondary N) is 1. The van der Waals surface area contributed by atoms with Crippen molar-refractivity contribution in [1.82, 2.24) is 5.32 Å². The van der Waals surface area contributed by atoms with Crippen molar-refractivity contribution in [3.8, 4) is 11.5 Å². The van der Waals surface area contributed by atoms with E-state index >= 15 is 0 Å². The molecule has 0 heterocycles. The zero-order valence-electron chi connectivity index (χ0n) is 18.6. The third-order valence-electron chi connectivity index (χ3n) is 5.66. The lowest BCUT2D eigenvalue weighted by Crippen LogP contribution is -2.33. The molecule has 2 atom stereocenters. The maximum Gasteiger partial charge on any atom is 0.160 e. The van der Waals surface area contributed by atoms with Gasteiger partial charge in [-0.2, -0.15) is 0 Å². The molecular weight excluding hydrogens is 374 g/mol. The lowest BCUT2D eigenvalue weighted by Gasteiger charge is -2.22. The van der Waals surface area contributed by atoms with Crippen molar-refractivity contribution < 1.29 is 14.9 Å². The average Bonchev–Trinajstić information content (AvgIpc) is 2.77. The summed E-state index contributed by atoms with van der Waals surface area (Å²) in [6.45, 7) is 3.02. The second-order valence-corrected chi connectivity index (χ2v) is 8.20. The largest absolute Gasteiger partial charge is 0.504 e. The summed E-state index contributed by atoms with van der Waals surface area (Å²) in [5, 5.41) is 24.1. The SMILES string of the molecule is CCCCCCCC(O)CC(CCc1ccc(O)c(OC)c1)NCc1ccccc1. The van der Waals surface area contributed by atoms with E-state index in [4.69, 9.17) is 4.74 Å². The first-order valence-corrected chi connectivity index (χ1v) is 11.4. The molecule has 0 saturated heterocycles. The van der Waals surface area contributed by atoms with Gasteiger partial charge in [0.1, 0.15) is 0 Å². The number of aryl methyl sites for hydroxylation is 1. The molecule has 30 heavy (non-hydrogen) atoms. The van der Waals surface area contributed by atoms with Crippen molar-refractivity contribution in [3.63, 3.8) is 0 Å². The van der Waals surface area contributed by atoms with Crippen LogP contribution >= 0.6 is 0 Å². The van der Waals surface area contributed by atoms with Gasteiger partial charge in [-0.15, -0.1) is 0 Å². The molecule has 4 heteroatoms. The second-order valence-electron chi connectivity index (χ2n) is 8.20. The average molecular weight is 414 g/mol. The highest BCUT2D eigenvalue weighted by atomic mass is 16.5. The first-order chi connectivity index (χ1) is 14.6. The van der Waals surface area contributed by atoms with E-state index in [1.807, 2.05) is 18.2 Å². The number of hydrogen-bond donors (Lipinski definition) is 3. The van der Waals surface area contributed by atoms with Gasteiger partial charge in [0.2, 0.25) is 0 Å². The Hall–Kier alpha value is -2.04. The minimum atomic E-state index is -0.269. The highest BCUT2D eigenvalue weighted by Crippen LogP contribution is 2.27. The number of hydrogen-bond acceptors (Lipinski definition) is 4. The van der Waals surface area contributed by atoms with Gasteiger partial charge in [0.05, 0.1) is 13.2 Å².